The van der Waals surface area contributed by atoms with Crippen LogP contribution in [0.25, 0.3) is 0 Å². The molecule has 2 aromatic carbocycles. The van der Waals surface area contributed by atoms with E-state index in [1.807, 2.05) is 43.3 Å². The molecular weight excluding hydrogens is 354 g/mol. The molecule has 0 aliphatic heterocycles. The van der Waals surface area contributed by atoms with E-state index >= 15 is 0 Å². The molecule has 5 nitrogen and oxygen atoms in total. The van der Waals surface area contributed by atoms with Crippen LogP contribution in [0, 0.1) is 0 Å². The molecule has 0 spiro atoms. The van der Waals surface area contributed by atoms with Gasteiger partial charge in [-0.15, -0.1) is 0 Å². The Bertz CT molecular complexity index is 805. The molecule has 1 N–H and O–H groups in total. The average Bonchev–Trinajstić information content (AvgIpc) is 2.72. The lowest BCUT2D eigenvalue weighted by Crippen LogP contribution is -2.43. The van der Waals surface area contributed by atoms with Crippen molar-refractivity contribution in [1.29, 1.82) is 0 Å². The smallest absolute Gasteiger partial charge is 0.261 e. The monoisotopic (exact) mass is 383 g/mol. The first kappa shape index (κ1) is 20.1. The fourth-order valence-electron chi connectivity index (χ4n) is 3.46. The number of carbonyl (C=O) groups is 1. The number of fused-ring (bicyclic) bond motifs is 1. The van der Waals surface area contributed by atoms with E-state index < -0.39 is 6.10 Å². The van der Waals surface area contributed by atoms with Gasteiger partial charge < -0.3 is 19.5 Å². The fraction of sp³-hybridized carbons (Fsp3) is 0.435. The van der Waals surface area contributed by atoms with E-state index in [9.17, 15) is 4.79 Å². The van der Waals surface area contributed by atoms with Crippen molar-refractivity contribution >= 4 is 5.91 Å². The second-order valence-corrected chi connectivity index (χ2v) is 7.23. The zero-order valence-corrected chi connectivity index (χ0v) is 16.9. The minimum Gasteiger partial charge on any atom is -0.493 e. The Morgan fingerprint density at radius 3 is 2.50 bits per heavy atom. The third-order valence-electron chi connectivity index (χ3n) is 4.97. The number of aryl methyl sites for hydroxylation is 1. The summed E-state index contributed by atoms with van der Waals surface area (Å²) < 4.78 is 17.1. The van der Waals surface area contributed by atoms with Gasteiger partial charge >= 0.3 is 0 Å². The third kappa shape index (κ3) is 4.97. The number of para-hydroxylation sites is 2. The van der Waals surface area contributed by atoms with Gasteiger partial charge in [-0.1, -0.05) is 24.3 Å². The van der Waals surface area contributed by atoms with Gasteiger partial charge in [-0.05, 0) is 68.9 Å². The van der Waals surface area contributed by atoms with Crippen LogP contribution in [0.5, 0.6) is 17.2 Å². The molecule has 2 aromatic rings. The Morgan fingerprint density at radius 1 is 1.00 bits per heavy atom. The molecule has 1 aliphatic rings. The second-order valence-electron chi connectivity index (χ2n) is 7.23. The quantitative estimate of drug-likeness (QED) is 0.751. The van der Waals surface area contributed by atoms with Gasteiger partial charge in [0.05, 0.1) is 13.2 Å². The molecule has 5 heteroatoms. The van der Waals surface area contributed by atoms with Crippen molar-refractivity contribution in [1.82, 2.24) is 5.32 Å². The first-order valence-corrected chi connectivity index (χ1v) is 9.92. The van der Waals surface area contributed by atoms with E-state index in [1.165, 1.54) is 24.0 Å². The van der Waals surface area contributed by atoms with Gasteiger partial charge in [0, 0.05) is 0 Å². The summed E-state index contributed by atoms with van der Waals surface area (Å²) in [7, 11) is 1.61. The molecule has 0 bridgehead atoms. The second kappa shape index (κ2) is 9.49. The fourth-order valence-corrected chi connectivity index (χ4v) is 3.46. The Hall–Kier alpha value is -2.69. The maximum absolute atomic E-state index is 12.5. The summed E-state index contributed by atoms with van der Waals surface area (Å²) in [6, 6.07) is 13.4. The summed E-state index contributed by atoms with van der Waals surface area (Å²) in [6.45, 7) is 4.04. The lowest BCUT2D eigenvalue weighted by molar-refractivity contribution is -0.128. The zero-order chi connectivity index (χ0) is 19.9. The number of hydrogen-bond acceptors (Lipinski definition) is 4. The van der Waals surface area contributed by atoms with Gasteiger partial charge in [0.15, 0.2) is 17.6 Å². The molecule has 0 radical (unpaired) electrons. The summed E-state index contributed by atoms with van der Waals surface area (Å²) in [6.07, 6.45) is 3.93. The topological polar surface area (TPSA) is 56.8 Å². The molecule has 0 aromatic heterocycles. The van der Waals surface area contributed by atoms with Gasteiger partial charge in [0.1, 0.15) is 12.4 Å². The third-order valence-corrected chi connectivity index (χ3v) is 4.97. The molecule has 1 aliphatic carbocycles. The number of ether oxygens (including phenoxy) is 3. The molecule has 0 unspecified atom stereocenters. The maximum atomic E-state index is 12.5. The van der Waals surface area contributed by atoms with E-state index in [2.05, 4.69) is 11.4 Å². The van der Waals surface area contributed by atoms with Crippen molar-refractivity contribution < 1.29 is 19.0 Å². The number of benzene rings is 2. The summed E-state index contributed by atoms with van der Waals surface area (Å²) in [5.41, 5.74) is 2.59. The molecule has 0 saturated heterocycles. The van der Waals surface area contributed by atoms with Crippen LogP contribution < -0.4 is 19.5 Å². The Balaban J connectivity index is 1.53. The number of nitrogens with one attached hydrogen (secondary N) is 1. The molecule has 1 amide bonds. The molecular formula is C23H29NO4. The Kier molecular flexibility index (Phi) is 6.80. The SMILES string of the molecule is COc1ccccc1OC[C@H](C)NC(=O)[C@H](C)Oc1cccc2c1CCCC2. The minimum absolute atomic E-state index is 0.149. The highest BCUT2D eigenvalue weighted by Crippen LogP contribution is 2.30. The minimum atomic E-state index is -0.567. The summed E-state index contributed by atoms with van der Waals surface area (Å²) in [5.74, 6) is 2.01. The zero-order valence-electron chi connectivity index (χ0n) is 16.9. The van der Waals surface area contributed by atoms with E-state index in [0.717, 1.165) is 18.6 Å². The predicted octanol–water partition coefficient (Wildman–Crippen LogP) is 3.93. The van der Waals surface area contributed by atoms with E-state index in [-0.39, 0.29) is 11.9 Å². The Labute approximate surface area is 167 Å². The van der Waals surface area contributed by atoms with Crippen LogP contribution in [0.1, 0.15) is 37.8 Å². The van der Waals surface area contributed by atoms with Crippen molar-refractivity contribution in [2.24, 2.45) is 0 Å². The van der Waals surface area contributed by atoms with Crippen LogP contribution in [0.3, 0.4) is 0 Å². The number of rotatable bonds is 8. The summed E-state index contributed by atoms with van der Waals surface area (Å²) >= 11 is 0. The summed E-state index contributed by atoms with van der Waals surface area (Å²) in [5, 5.41) is 2.96. The Morgan fingerprint density at radius 2 is 1.71 bits per heavy atom. The van der Waals surface area contributed by atoms with Crippen LogP contribution in [0.2, 0.25) is 0 Å². The molecule has 0 fully saturated rings. The number of carbonyl (C=O) groups excluding carboxylic acids is 1. The van der Waals surface area contributed by atoms with Crippen molar-refractivity contribution in [3.63, 3.8) is 0 Å². The number of methoxy groups -OCH3 is 1. The normalized spacial score (nSPS) is 15.1. The van der Waals surface area contributed by atoms with Crippen LogP contribution in [0.15, 0.2) is 42.5 Å². The van der Waals surface area contributed by atoms with Crippen molar-refractivity contribution in [3.8, 4) is 17.2 Å². The van der Waals surface area contributed by atoms with Gasteiger partial charge in [0.25, 0.3) is 5.91 Å². The van der Waals surface area contributed by atoms with Crippen molar-refractivity contribution in [3.05, 3.63) is 53.6 Å². The van der Waals surface area contributed by atoms with E-state index in [0.29, 0.717) is 18.1 Å². The van der Waals surface area contributed by atoms with Gasteiger partial charge in [-0.2, -0.15) is 0 Å². The summed E-state index contributed by atoms with van der Waals surface area (Å²) in [4.78, 5) is 12.5. The first-order chi connectivity index (χ1) is 13.6. The highest BCUT2D eigenvalue weighted by Gasteiger charge is 2.20. The van der Waals surface area contributed by atoms with Gasteiger partial charge in [-0.25, -0.2) is 0 Å². The molecule has 3 rings (SSSR count). The van der Waals surface area contributed by atoms with E-state index in [1.54, 1.807) is 14.0 Å². The highest BCUT2D eigenvalue weighted by atomic mass is 16.5. The van der Waals surface area contributed by atoms with Crippen LogP contribution in [0.4, 0.5) is 0 Å². The number of amides is 1. The highest BCUT2D eigenvalue weighted by molar-refractivity contribution is 5.81. The average molecular weight is 383 g/mol. The lowest BCUT2D eigenvalue weighted by atomic mass is 9.91. The maximum Gasteiger partial charge on any atom is 0.261 e. The molecule has 28 heavy (non-hydrogen) atoms. The van der Waals surface area contributed by atoms with E-state index in [4.69, 9.17) is 14.2 Å². The largest absolute Gasteiger partial charge is 0.493 e. The molecule has 150 valence electrons. The van der Waals surface area contributed by atoms with Gasteiger partial charge in [0.2, 0.25) is 0 Å². The van der Waals surface area contributed by atoms with Crippen LogP contribution in [-0.2, 0) is 17.6 Å². The molecule has 0 saturated carbocycles. The molecule has 2 atom stereocenters. The van der Waals surface area contributed by atoms with Gasteiger partial charge in [-0.3, -0.25) is 4.79 Å². The number of hydrogen-bond donors (Lipinski definition) is 1. The van der Waals surface area contributed by atoms with Crippen LogP contribution >= 0.6 is 0 Å². The standard InChI is InChI=1S/C23H29NO4/c1-16(15-27-22-13-7-6-12-21(22)26-3)24-23(25)17(2)28-20-14-8-10-18-9-4-5-11-19(18)20/h6-8,10,12-14,16-17H,4-5,9,11,15H2,1-3H3,(H,24,25)/t16-,17-/m0/s1. The van der Waals surface area contributed by atoms with Crippen LogP contribution in [-0.4, -0.2) is 31.8 Å². The van der Waals surface area contributed by atoms with Crippen molar-refractivity contribution in [2.45, 2.75) is 51.7 Å². The predicted molar refractivity (Wildman–Crippen MR) is 109 cm³/mol. The van der Waals surface area contributed by atoms with Crippen molar-refractivity contribution in [2.75, 3.05) is 13.7 Å². The lowest BCUT2D eigenvalue weighted by Gasteiger charge is -2.23. The molecule has 0 heterocycles. The first-order valence-electron chi connectivity index (χ1n) is 9.92.